The Morgan fingerprint density at radius 1 is 1.50 bits per heavy atom. The van der Waals surface area contributed by atoms with Crippen molar-refractivity contribution < 1.29 is 28.0 Å². The maximum atomic E-state index is 11.6. The molecule has 0 aliphatic carbocycles. The summed E-state index contributed by atoms with van der Waals surface area (Å²) >= 11 is 3.59. The van der Waals surface area contributed by atoms with Crippen molar-refractivity contribution >= 4 is 38.8 Å². The molecule has 1 aromatic rings. The minimum atomic E-state index is -1.38. The number of allylic oxidation sites excluding steroid dienone is 2. The molecule has 1 aliphatic heterocycles. The van der Waals surface area contributed by atoms with Gasteiger partial charge in [0.1, 0.15) is 0 Å². The zero-order valence-corrected chi connectivity index (χ0v) is 15.3. The first-order valence-electron chi connectivity index (χ1n) is 5.58. The van der Waals surface area contributed by atoms with E-state index in [4.69, 9.17) is 4.74 Å². The molecule has 0 spiro atoms. The number of alkyl halides is 4. The van der Waals surface area contributed by atoms with Gasteiger partial charge >= 0.3 is 125 Å². The van der Waals surface area contributed by atoms with Gasteiger partial charge in [0.15, 0.2) is 0 Å². The average Bonchev–Trinajstić information content (AvgIpc) is 2.70. The Bertz CT molecular complexity index is 505. The second-order valence-corrected chi connectivity index (χ2v) is 17.9. The summed E-state index contributed by atoms with van der Waals surface area (Å²) in [6.45, 7) is 0. The number of carbonyl (C=O) groups excluding carboxylic acids is 1. The molecule has 2 nitrogen and oxygen atoms in total. The van der Waals surface area contributed by atoms with Crippen LogP contribution in [0.15, 0.2) is 16.6 Å². The number of esters is 1. The fourth-order valence-corrected chi connectivity index (χ4v) is 7.85. The molecule has 5 heteroatoms. The number of methoxy groups -OCH3 is 1. The second-order valence-electron chi connectivity index (χ2n) is 4.74. The summed E-state index contributed by atoms with van der Waals surface area (Å²) in [5.74, 6) is -0.257. The van der Waals surface area contributed by atoms with Gasteiger partial charge in [0, 0.05) is 0 Å². The van der Waals surface area contributed by atoms with Crippen molar-refractivity contribution in [2.45, 2.75) is 6.42 Å². The van der Waals surface area contributed by atoms with E-state index < -0.39 is 18.4 Å². The van der Waals surface area contributed by atoms with Crippen LogP contribution < -0.4 is 18.4 Å². The third kappa shape index (κ3) is 3.17. The SMILES string of the molecule is COC(=O)c1sc(C2=CC[I-](C)(C)CC2)cc1Br. The van der Waals surface area contributed by atoms with Crippen LogP contribution in [0.1, 0.15) is 21.0 Å². The molecule has 0 saturated carbocycles. The summed E-state index contributed by atoms with van der Waals surface area (Å²) in [5, 5.41) is 0. The summed E-state index contributed by atoms with van der Waals surface area (Å²) in [7, 11) is 1.42. The van der Waals surface area contributed by atoms with E-state index in [1.54, 1.807) is 0 Å². The number of halogens is 2. The fraction of sp³-hybridized carbons (Fsp3) is 0.462. The van der Waals surface area contributed by atoms with E-state index in [9.17, 15) is 4.79 Å². The van der Waals surface area contributed by atoms with E-state index in [1.807, 2.05) is 6.07 Å². The maximum absolute atomic E-state index is 11.6. The van der Waals surface area contributed by atoms with Crippen LogP contribution in [0.3, 0.4) is 0 Å². The van der Waals surface area contributed by atoms with Crippen molar-refractivity contribution in [1.29, 1.82) is 0 Å². The van der Waals surface area contributed by atoms with E-state index in [0.717, 1.165) is 10.9 Å². The van der Waals surface area contributed by atoms with Crippen LogP contribution in [-0.4, -0.2) is 31.8 Å². The molecule has 0 N–H and O–H groups in total. The first kappa shape index (κ1) is 14.5. The normalized spacial score (nSPS) is 20.1. The molecule has 0 aromatic carbocycles. The van der Waals surface area contributed by atoms with E-state index >= 15 is 0 Å². The van der Waals surface area contributed by atoms with E-state index in [1.165, 1.54) is 37.8 Å². The first-order chi connectivity index (χ1) is 8.43. The first-order valence-corrected chi connectivity index (χ1v) is 14.6. The number of carbonyl (C=O) groups is 1. The Labute approximate surface area is 124 Å². The predicted molar refractivity (Wildman–Crippen MR) is 77.5 cm³/mol. The zero-order chi connectivity index (χ0) is 13.3. The number of ether oxygens (including phenoxy) is 1. The molecule has 0 fully saturated rings. The Hall–Kier alpha value is 0.120. The molecule has 1 aliphatic rings. The monoisotopic (exact) mass is 443 g/mol. The average molecular weight is 444 g/mol. The molecule has 2 heterocycles. The standard InChI is InChI=1S/C13H17BrIO2S/c1-15(2)6-4-9(5-7-15)11-8-10(14)12(18-11)13(16)17-3/h4,8H,5-7H2,1-3H3/q-1. The van der Waals surface area contributed by atoms with Crippen molar-refractivity contribution in [2.24, 2.45) is 0 Å². The van der Waals surface area contributed by atoms with Gasteiger partial charge in [0.2, 0.25) is 0 Å². The Morgan fingerprint density at radius 3 is 2.78 bits per heavy atom. The number of hydrogen-bond acceptors (Lipinski definition) is 3. The van der Waals surface area contributed by atoms with Crippen LogP contribution in [-0.2, 0) is 4.74 Å². The van der Waals surface area contributed by atoms with Crippen molar-refractivity contribution in [3.05, 3.63) is 26.4 Å². The molecule has 0 saturated heterocycles. The molecule has 102 valence electrons. The van der Waals surface area contributed by atoms with Crippen LogP contribution >= 0.6 is 27.3 Å². The van der Waals surface area contributed by atoms with Crippen LogP contribution in [0.5, 0.6) is 0 Å². The van der Waals surface area contributed by atoms with Gasteiger partial charge in [-0.3, -0.25) is 0 Å². The summed E-state index contributed by atoms with van der Waals surface area (Å²) in [4.78, 5) is 18.4. The Kier molecular flexibility index (Phi) is 4.54. The number of rotatable bonds is 2. The second kappa shape index (κ2) is 5.63. The van der Waals surface area contributed by atoms with Gasteiger partial charge in [0.25, 0.3) is 0 Å². The third-order valence-corrected chi connectivity index (χ3v) is 11.4. The van der Waals surface area contributed by atoms with Gasteiger partial charge in [-0.25, -0.2) is 0 Å². The minimum absolute atomic E-state index is 0.257. The molecular formula is C13H17BrIO2S-. The van der Waals surface area contributed by atoms with Gasteiger partial charge in [0.05, 0.1) is 0 Å². The molecular weight excluding hydrogens is 427 g/mol. The van der Waals surface area contributed by atoms with Gasteiger partial charge in [-0.1, -0.05) is 0 Å². The zero-order valence-electron chi connectivity index (χ0n) is 10.8. The summed E-state index contributed by atoms with van der Waals surface area (Å²) in [5.41, 5.74) is 1.40. The van der Waals surface area contributed by atoms with Crippen LogP contribution in [0.25, 0.3) is 5.57 Å². The fourth-order valence-electron chi connectivity index (χ4n) is 1.82. The van der Waals surface area contributed by atoms with Crippen molar-refractivity contribution in [3.8, 4) is 0 Å². The summed E-state index contributed by atoms with van der Waals surface area (Å²) in [6, 6.07) is 2.05. The number of thiophene rings is 1. The molecule has 0 atom stereocenters. The van der Waals surface area contributed by atoms with Crippen molar-refractivity contribution in [2.75, 3.05) is 25.8 Å². The van der Waals surface area contributed by atoms with Crippen LogP contribution in [0, 0.1) is 0 Å². The molecule has 2 rings (SSSR count). The Morgan fingerprint density at radius 2 is 2.22 bits per heavy atom. The van der Waals surface area contributed by atoms with Crippen molar-refractivity contribution in [3.63, 3.8) is 0 Å². The van der Waals surface area contributed by atoms with E-state index in [0.29, 0.717) is 4.88 Å². The molecule has 0 radical (unpaired) electrons. The van der Waals surface area contributed by atoms with E-state index in [-0.39, 0.29) is 5.97 Å². The van der Waals surface area contributed by atoms with Crippen LogP contribution in [0.2, 0.25) is 0 Å². The molecule has 0 bridgehead atoms. The molecule has 18 heavy (non-hydrogen) atoms. The van der Waals surface area contributed by atoms with E-state index in [2.05, 4.69) is 31.9 Å². The topological polar surface area (TPSA) is 26.3 Å². The predicted octanol–water partition coefficient (Wildman–Crippen LogP) is 0.504. The molecule has 1 aromatic heterocycles. The summed E-state index contributed by atoms with van der Waals surface area (Å²) < 4.78 is 8.29. The van der Waals surface area contributed by atoms with Crippen LogP contribution in [0.4, 0.5) is 0 Å². The summed E-state index contributed by atoms with van der Waals surface area (Å²) in [6.07, 6.45) is 3.55. The number of hydrogen-bond donors (Lipinski definition) is 0. The van der Waals surface area contributed by atoms with Crippen molar-refractivity contribution in [1.82, 2.24) is 0 Å². The van der Waals surface area contributed by atoms with Gasteiger partial charge in [-0.05, 0) is 0 Å². The quantitative estimate of drug-likeness (QED) is 0.378. The van der Waals surface area contributed by atoms with Gasteiger partial charge in [-0.15, -0.1) is 0 Å². The third-order valence-electron chi connectivity index (χ3n) is 2.99. The molecule has 0 amide bonds. The van der Waals surface area contributed by atoms with Gasteiger partial charge in [-0.2, -0.15) is 0 Å². The molecule has 0 unspecified atom stereocenters. The Balaban J connectivity index is 2.26. The van der Waals surface area contributed by atoms with Gasteiger partial charge < -0.3 is 0 Å².